The van der Waals surface area contributed by atoms with Crippen LogP contribution in [0.2, 0.25) is 5.02 Å². The highest BCUT2D eigenvalue weighted by atomic mass is 79.9. The summed E-state index contributed by atoms with van der Waals surface area (Å²) >= 11 is 8.91. The zero-order valence-corrected chi connectivity index (χ0v) is 22.4. The zero-order valence-electron chi connectivity index (χ0n) is 20.0. The van der Waals surface area contributed by atoms with Crippen LogP contribution in [-0.2, 0) is 19.5 Å². The minimum atomic E-state index is -0.798. The molecular formula is C28H21BrClF2N5O. The van der Waals surface area contributed by atoms with E-state index < -0.39 is 16.7 Å². The van der Waals surface area contributed by atoms with Crippen molar-refractivity contribution in [3.8, 4) is 6.07 Å². The van der Waals surface area contributed by atoms with Crippen molar-refractivity contribution in [1.82, 2.24) is 19.8 Å². The van der Waals surface area contributed by atoms with Crippen LogP contribution in [0.5, 0.6) is 0 Å². The number of nitrogens with zero attached hydrogens (tertiary/aromatic N) is 4. The van der Waals surface area contributed by atoms with Crippen molar-refractivity contribution in [3.05, 3.63) is 104 Å². The van der Waals surface area contributed by atoms with Gasteiger partial charge >= 0.3 is 6.03 Å². The van der Waals surface area contributed by atoms with Gasteiger partial charge in [0.25, 0.3) is 0 Å². The van der Waals surface area contributed by atoms with Crippen LogP contribution in [-0.4, -0.2) is 33.6 Å². The molecule has 4 aromatic rings. The van der Waals surface area contributed by atoms with Crippen LogP contribution in [0, 0.1) is 23.0 Å². The predicted molar refractivity (Wildman–Crippen MR) is 146 cm³/mol. The molecule has 38 heavy (non-hydrogen) atoms. The summed E-state index contributed by atoms with van der Waals surface area (Å²) in [4.78, 5) is 19.7. The Labute approximate surface area is 231 Å². The monoisotopic (exact) mass is 595 g/mol. The third-order valence-corrected chi connectivity index (χ3v) is 7.27. The average molecular weight is 597 g/mol. The van der Waals surface area contributed by atoms with Gasteiger partial charge in [-0.2, -0.15) is 5.26 Å². The smallest absolute Gasteiger partial charge is 0.326 e. The number of carbonyl (C=O) groups excluding carboxylic acids is 1. The van der Waals surface area contributed by atoms with Crippen molar-refractivity contribution in [2.75, 3.05) is 13.1 Å². The minimum Gasteiger partial charge on any atom is -0.333 e. The second-order valence-corrected chi connectivity index (χ2v) is 10.1. The molecule has 2 aromatic heterocycles. The summed E-state index contributed by atoms with van der Waals surface area (Å²) in [6.07, 6.45) is 5.80. The Balaban J connectivity index is 1.39. The molecule has 1 aliphatic heterocycles. The highest BCUT2D eigenvalue weighted by Crippen LogP contribution is 2.32. The van der Waals surface area contributed by atoms with Crippen molar-refractivity contribution < 1.29 is 13.6 Å². The summed E-state index contributed by atoms with van der Waals surface area (Å²) in [5.41, 5.74) is 4.39. The SMILES string of the molecule is N#Cc1ccc2c3c(n(C(=O)NCc4ccnc(Br)c4)c2c1)CCN(C/C=C/c1cc(F)c(Cl)c(F)c1)C3. The summed E-state index contributed by atoms with van der Waals surface area (Å²) in [6.45, 7) is 2.15. The lowest BCUT2D eigenvalue weighted by atomic mass is 10.0. The van der Waals surface area contributed by atoms with Crippen LogP contribution >= 0.6 is 27.5 Å². The normalized spacial score (nSPS) is 13.6. The predicted octanol–water partition coefficient (Wildman–Crippen LogP) is 6.43. The number of halogens is 4. The molecule has 3 heterocycles. The summed E-state index contributed by atoms with van der Waals surface area (Å²) in [5.74, 6) is -1.60. The van der Waals surface area contributed by atoms with Crippen LogP contribution < -0.4 is 5.32 Å². The Kier molecular flexibility index (Phi) is 7.56. The maximum atomic E-state index is 13.8. The fourth-order valence-electron chi connectivity index (χ4n) is 4.69. The molecule has 0 fully saturated rings. The molecule has 0 saturated carbocycles. The van der Waals surface area contributed by atoms with Gasteiger partial charge in [0.2, 0.25) is 0 Å². The summed E-state index contributed by atoms with van der Waals surface area (Å²) in [6, 6.07) is 13.3. The highest BCUT2D eigenvalue weighted by molar-refractivity contribution is 9.10. The van der Waals surface area contributed by atoms with Crippen LogP contribution in [0.15, 0.2) is 59.3 Å². The van der Waals surface area contributed by atoms with Gasteiger partial charge in [-0.25, -0.2) is 18.6 Å². The maximum absolute atomic E-state index is 13.8. The van der Waals surface area contributed by atoms with E-state index in [2.05, 4.69) is 37.2 Å². The largest absolute Gasteiger partial charge is 0.333 e. The van der Waals surface area contributed by atoms with Crippen LogP contribution in [0.4, 0.5) is 13.6 Å². The first-order valence-electron chi connectivity index (χ1n) is 11.8. The first-order valence-corrected chi connectivity index (χ1v) is 13.0. The van der Waals surface area contributed by atoms with E-state index in [1.165, 1.54) is 12.1 Å². The van der Waals surface area contributed by atoms with E-state index in [0.29, 0.717) is 53.8 Å². The highest BCUT2D eigenvalue weighted by Gasteiger charge is 2.26. The first-order chi connectivity index (χ1) is 18.3. The number of hydrogen-bond acceptors (Lipinski definition) is 4. The van der Waals surface area contributed by atoms with Crippen molar-refractivity contribution >= 4 is 50.5 Å². The third kappa shape index (κ3) is 5.34. The molecule has 0 saturated heterocycles. The molecule has 192 valence electrons. The number of rotatable bonds is 5. The lowest BCUT2D eigenvalue weighted by molar-refractivity contribution is 0.240. The van der Waals surface area contributed by atoms with E-state index in [-0.39, 0.29) is 6.03 Å². The summed E-state index contributed by atoms with van der Waals surface area (Å²) in [7, 11) is 0. The lowest BCUT2D eigenvalue weighted by Crippen LogP contribution is -2.34. The van der Waals surface area contributed by atoms with Gasteiger partial charge in [-0.05, 0) is 69.0 Å². The van der Waals surface area contributed by atoms with E-state index in [9.17, 15) is 18.8 Å². The van der Waals surface area contributed by atoms with Crippen LogP contribution in [0.3, 0.4) is 0 Å². The third-order valence-electron chi connectivity index (χ3n) is 6.48. The molecule has 2 aromatic carbocycles. The first kappa shape index (κ1) is 26.0. The van der Waals surface area contributed by atoms with Gasteiger partial charge in [0, 0.05) is 49.9 Å². The molecule has 6 nitrogen and oxygen atoms in total. The van der Waals surface area contributed by atoms with Crippen molar-refractivity contribution in [1.29, 1.82) is 5.26 Å². The second-order valence-electron chi connectivity index (χ2n) is 8.94. The van der Waals surface area contributed by atoms with Crippen LogP contribution in [0.1, 0.15) is 27.9 Å². The molecule has 0 unspecified atom stereocenters. The van der Waals surface area contributed by atoms with Gasteiger partial charge in [-0.1, -0.05) is 29.8 Å². The number of aromatic nitrogens is 2. The molecule has 1 N–H and O–H groups in total. The molecule has 5 rings (SSSR count). The van der Waals surface area contributed by atoms with Gasteiger partial charge in [0.05, 0.1) is 17.1 Å². The van der Waals surface area contributed by atoms with Gasteiger partial charge < -0.3 is 5.32 Å². The molecule has 0 atom stereocenters. The standard InChI is InChI=1S/C28H21BrClF2N5O/c29-26-13-19(5-7-34-26)15-35-28(38)37-24-6-9-36(8-1-2-17-10-22(31)27(30)23(32)11-17)16-21(24)20-4-3-18(14-33)12-25(20)37/h1-5,7,10-13H,6,8-9,15-16H2,(H,35,38)/b2-1+. The van der Waals surface area contributed by atoms with E-state index >= 15 is 0 Å². The van der Waals surface area contributed by atoms with Crippen molar-refractivity contribution in [2.24, 2.45) is 0 Å². The van der Waals surface area contributed by atoms with E-state index in [1.807, 2.05) is 24.3 Å². The Morgan fingerprint density at radius 1 is 1.21 bits per heavy atom. The fraction of sp³-hybridized carbons (Fsp3) is 0.179. The van der Waals surface area contributed by atoms with Gasteiger partial charge in [0.15, 0.2) is 0 Å². The Hall–Kier alpha value is -3.58. The Bertz CT molecular complexity index is 1600. The van der Waals surface area contributed by atoms with E-state index in [4.69, 9.17) is 11.6 Å². The number of carbonyl (C=O) groups is 1. The molecule has 0 radical (unpaired) electrons. The van der Waals surface area contributed by atoms with Gasteiger partial charge in [0.1, 0.15) is 21.3 Å². The number of hydrogen-bond donors (Lipinski definition) is 1. The van der Waals surface area contributed by atoms with Gasteiger partial charge in [-0.3, -0.25) is 9.47 Å². The average Bonchev–Trinajstić information content (AvgIpc) is 3.23. The number of nitrogens with one attached hydrogen (secondary N) is 1. The Morgan fingerprint density at radius 2 is 2.00 bits per heavy atom. The van der Waals surface area contributed by atoms with E-state index in [1.54, 1.807) is 29.0 Å². The topological polar surface area (TPSA) is 74.0 Å². The van der Waals surface area contributed by atoms with Crippen LogP contribution in [0.25, 0.3) is 17.0 Å². The minimum absolute atomic E-state index is 0.264. The summed E-state index contributed by atoms with van der Waals surface area (Å²) in [5, 5.41) is 12.8. The lowest BCUT2D eigenvalue weighted by Gasteiger charge is -2.27. The number of fused-ring (bicyclic) bond motifs is 3. The van der Waals surface area contributed by atoms with E-state index in [0.717, 1.165) is 22.2 Å². The molecule has 1 aliphatic rings. The number of benzene rings is 2. The molecule has 0 spiro atoms. The van der Waals surface area contributed by atoms with Crippen molar-refractivity contribution in [3.63, 3.8) is 0 Å². The number of nitriles is 1. The number of amides is 1. The quantitative estimate of drug-likeness (QED) is 0.213. The molecule has 10 heteroatoms. The van der Waals surface area contributed by atoms with Crippen molar-refractivity contribution in [2.45, 2.75) is 19.5 Å². The fourth-order valence-corrected chi connectivity index (χ4v) is 5.21. The van der Waals surface area contributed by atoms with Gasteiger partial charge in [-0.15, -0.1) is 0 Å². The zero-order chi connectivity index (χ0) is 26.8. The molecular weight excluding hydrogens is 576 g/mol. The Morgan fingerprint density at radius 3 is 2.74 bits per heavy atom. The summed E-state index contributed by atoms with van der Waals surface area (Å²) < 4.78 is 29.9. The molecule has 0 aliphatic carbocycles. The molecule has 1 amide bonds. The molecule has 0 bridgehead atoms. The second kappa shape index (κ2) is 11.0. The number of pyridine rings is 1. The maximum Gasteiger partial charge on any atom is 0.326 e.